The van der Waals surface area contributed by atoms with Crippen LogP contribution in [0.5, 0.6) is 0 Å². The monoisotopic (exact) mass is 205 g/mol. The number of carboxylic acids is 2. The summed E-state index contributed by atoms with van der Waals surface area (Å²) in [6.07, 6.45) is -0.224. The molecule has 1 atom stereocenters. The first-order valence-corrected chi connectivity index (χ1v) is 3.94. The average Bonchev–Trinajstić information content (AvgIpc) is 1.98. The first-order chi connectivity index (χ1) is 6.27. The Morgan fingerprint density at radius 3 is 1.79 bits per heavy atom. The summed E-state index contributed by atoms with van der Waals surface area (Å²) in [6.45, 7) is 3.06. The smallest absolute Gasteiger partial charge is 0.320 e. The average molecular weight is 205 g/mol. The van der Waals surface area contributed by atoms with E-state index in [0.717, 1.165) is 0 Å². The van der Waals surface area contributed by atoms with Gasteiger partial charge in [-0.25, -0.2) is 0 Å². The highest BCUT2D eigenvalue weighted by atomic mass is 16.4. The lowest BCUT2D eigenvalue weighted by Crippen LogP contribution is -2.30. The van der Waals surface area contributed by atoms with Gasteiger partial charge in [-0.2, -0.15) is 0 Å². The summed E-state index contributed by atoms with van der Waals surface area (Å²) in [5, 5.41) is 16.3. The molecule has 0 aromatic heterocycles. The number of carbonyl (C=O) groups excluding carboxylic acids is 1. The minimum atomic E-state index is -1.17. The topological polar surface area (TPSA) is 118 Å². The Bertz CT molecular complexity index is 210. The van der Waals surface area contributed by atoms with E-state index < -0.39 is 18.0 Å². The number of hydrogen-bond donors (Lipinski definition) is 3. The van der Waals surface area contributed by atoms with Crippen molar-refractivity contribution in [2.45, 2.75) is 32.7 Å². The normalized spacial score (nSPS) is 10.8. The number of rotatable bonds is 4. The number of aliphatic carboxylic acids is 2. The molecule has 0 rings (SSSR count). The number of Topliss-reactive ketones (excluding diaryl/α,β-unsaturated/α-hetero) is 1. The number of ketones is 1. The highest BCUT2D eigenvalue weighted by Crippen LogP contribution is 1.93. The Morgan fingerprint density at radius 2 is 1.57 bits per heavy atom. The summed E-state index contributed by atoms with van der Waals surface area (Å²) in [5.41, 5.74) is 5.00. The summed E-state index contributed by atoms with van der Waals surface area (Å²) >= 11 is 0. The second-order valence-electron chi connectivity index (χ2n) is 2.79. The predicted octanol–water partition coefficient (Wildman–Crippen LogP) is -0.142. The molecule has 14 heavy (non-hydrogen) atoms. The van der Waals surface area contributed by atoms with E-state index in [1.54, 1.807) is 0 Å². The molecule has 0 spiro atoms. The Morgan fingerprint density at radius 1 is 1.21 bits per heavy atom. The molecule has 0 amide bonds. The van der Waals surface area contributed by atoms with Crippen LogP contribution in [0.15, 0.2) is 0 Å². The van der Waals surface area contributed by atoms with Crippen molar-refractivity contribution in [3.05, 3.63) is 0 Å². The second kappa shape index (κ2) is 8.18. The van der Waals surface area contributed by atoms with Crippen LogP contribution in [0.1, 0.15) is 26.7 Å². The molecule has 0 fully saturated rings. The van der Waals surface area contributed by atoms with Gasteiger partial charge in [0.1, 0.15) is 11.8 Å². The fourth-order valence-corrected chi connectivity index (χ4v) is 0.402. The van der Waals surface area contributed by atoms with Crippen LogP contribution < -0.4 is 5.73 Å². The maximum Gasteiger partial charge on any atom is 0.320 e. The van der Waals surface area contributed by atoms with Crippen molar-refractivity contribution < 1.29 is 24.6 Å². The molecule has 0 aliphatic carbocycles. The van der Waals surface area contributed by atoms with Gasteiger partial charge in [-0.05, 0) is 20.3 Å². The molecule has 82 valence electrons. The molecule has 0 saturated carbocycles. The van der Waals surface area contributed by atoms with Crippen molar-refractivity contribution in [2.24, 2.45) is 5.73 Å². The van der Waals surface area contributed by atoms with Crippen LogP contribution in [0, 0.1) is 0 Å². The van der Waals surface area contributed by atoms with Crippen molar-refractivity contribution in [1.29, 1.82) is 0 Å². The van der Waals surface area contributed by atoms with E-state index in [1.807, 2.05) is 0 Å². The van der Waals surface area contributed by atoms with Crippen molar-refractivity contribution in [2.75, 3.05) is 0 Å². The van der Waals surface area contributed by atoms with Gasteiger partial charge < -0.3 is 20.7 Å². The van der Waals surface area contributed by atoms with E-state index in [0.29, 0.717) is 0 Å². The third kappa shape index (κ3) is 16.9. The zero-order valence-corrected chi connectivity index (χ0v) is 8.19. The highest BCUT2D eigenvalue weighted by Gasteiger charge is 2.12. The van der Waals surface area contributed by atoms with Gasteiger partial charge in [-0.1, -0.05) is 0 Å². The van der Waals surface area contributed by atoms with Gasteiger partial charge in [-0.3, -0.25) is 9.59 Å². The molecule has 6 heteroatoms. The maximum absolute atomic E-state index is 9.99. The van der Waals surface area contributed by atoms with Crippen LogP contribution in [-0.2, 0) is 14.4 Å². The van der Waals surface area contributed by atoms with Gasteiger partial charge in [0.25, 0.3) is 0 Å². The predicted molar refractivity (Wildman–Crippen MR) is 48.8 cm³/mol. The van der Waals surface area contributed by atoms with E-state index in [1.165, 1.54) is 13.8 Å². The lowest BCUT2D eigenvalue weighted by Gasteiger charge is -2.01. The molecule has 0 saturated heterocycles. The van der Waals surface area contributed by atoms with Crippen LogP contribution >= 0.6 is 0 Å². The molecule has 0 bridgehead atoms. The third-order valence-electron chi connectivity index (χ3n) is 0.986. The van der Waals surface area contributed by atoms with Crippen LogP contribution in [0.2, 0.25) is 0 Å². The van der Waals surface area contributed by atoms with Gasteiger partial charge in [0.2, 0.25) is 0 Å². The Balaban J connectivity index is 0. The SMILES string of the molecule is CC(C)=O.N[C@@H](CCC(=O)O)C(=O)O. The Kier molecular flexibility index (Phi) is 8.80. The molecule has 6 nitrogen and oxygen atoms in total. The second-order valence-corrected chi connectivity index (χ2v) is 2.79. The molecule has 0 heterocycles. The van der Waals surface area contributed by atoms with Gasteiger partial charge in [0, 0.05) is 6.42 Å². The Labute approximate surface area is 81.7 Å². The van der Waals surface area contributed by atoms with Crippen molar-refractivity contribution >= 4 is 17.7 Å². The molecular weight excluding hydrogens is 190 g/mol. The molecule has 4 N–H and O–H groups in total. The standard InChI is InChI=1S/C5H9NO4.C3H6O/c6-3(5(9)10)1-2-4(7)8;1-3(2)4/h3H,1-2,6H2,(H,7,8)(H,9,10);1-2H3/t3-;/m0./s1. The van der Waals surface area contributed by atoms with Crippen molar-refractivity contribution in [3.8, 4) is 0 Å². The number of carboxylic acid groups (broad SMARTS) is 2. The van der Waals surface area contributed by atoms with E-state index in [2.05, 4.69) is 0 Å². The van der Waals surface area contributed by atoms with Gasteiger partial charge in [-0.15, -0.1) is 0 Å². The molecule has 0 aromatic rings. The minimum Gasteiger partial charge on any atom is -0.481 e. The van der Waals surface area contributed by atoms with Crippen LogP contribution in [0.25, 0.3) is 0 Å². The van der Waals surface area contributed by atoms with E-state index >= 15 is 0 Å². The highest BCUT2D eigenvalue weighted by molar-refractivity contribution is 5.74. The molecule has 0 aromatic carbocycles. The summed E-state index contributed by atoms with van der Waals surface area (Å²) in [5.74, 6) is -2.03. The number of hydrogen-bond acceptors (Lipinski definition) is 4. The zero-order chi connectivity index (χ0) is 11.7. The van der Waals surface area contributed by atoms with E-state index in [9.17, 15) is 14.4 Å². The summed E-state index contributed by atoms with van der Waals surface area (Å²) < 4.78 is 0. The fraction of sp³-hybridized carbons (Fsp3) is 0.625. The first kappa shape index (κ1) is 15.1. The summed E-state index contributed by atoms with van der Waals surface area (Å²) in [6, 6.07) is -1.06. The van der Waals surface area contributed by atoms with Gasteiger partial charge in [0.15, 0.2) is 0 Å². The van der Waals surface area contributed by atoms with Gasteiger partial charge in [0.05, 0.1) is 0 Å². The lowest BCUT2D eigenvalue weighted by molar-refractivity contribution is -0.139. The molecule has 0 unspecified atom stereocenters. The number of nitrogens with two attached hydrogens (primary N) is 1. The quantitative estimate of drug-likeness (QED) is 0.587. The molecule has 0 radical (unpaired) electrons. The maximum atomic E-state index is 9.99. The minimum absolute atomic E-state index is 0.0231. The van der Waals surface area contributed by atoms with Crippen LogP contribution in [0.4, 0.5) is 0 Å². The number of carbonyl (C=O) groups is 3. The lowest BCUT2D eigenvalue weighted by atomic mass is 10.2. The van der Waals surface area contributed by atoms with Crippen LogP contribution in [-0.4, -0.2) is 34.0 Å². The Hall–Kier alpha value is -1.43. The van der Waals surface area contributed by atoms with Crippen LogP contribution in [0.3, 0.4) is 0 Å². The first-order valence-electron chi connectivity index (χ1n) is 3.94. The summed E-state index contributed by atoms with van der Waals surface area (Å²) in [4.78, 5) is 29.3. The largest absolute Gasteiger partial charge is 0.481 e. The van der Waals surface area contributed by atoms with Gasteiger partial charge >= 0.3 is 11.9 Å². The molecule has 0 aliphatic heterocycles. The van der Waals surface area contributed by atoms with Crippen molar-refractivity contribution in [3.63, 3.8) is 0 Å². The molecule has 0 aliphatic rings. The van der Waals surface area contributed by atoms with E-state index in [4.69, 9.17) is 15.9 Å². The third-order valence-corrected chi connectivity index (χ3v) is 0.986. The molecular formula is C8H15NO5. The zero-order valence-electron chi connectivity index (χ0n) is 8.19. The van der Waals surface area contributed by atoms with Crippen molar-refractivity contribution in [1.82, 2.24) is 0 Å². The van der Waals surface area contributed by atoms with E-state index in [-0.39, 0.29) is 18.6 Å². The fourth-order valence-electron chi connectivity index (χ4n) is 0.402. The summed E-state index contributed by atoms with van der Waals surface area (Å²) in [7, 11) is 0.